The molecule has 5 nitrogen and oxygen atoms in total. The fraction of sp³-hybridized carbons (Fsp3) is 0.100. The van der Waals surface area contributed by atoms with Crippen LogP contribution in [0.3, 0.4) is 0 Å². The number of aromatic nitrogens is 3. The molecule has 0 saturated carbocycles. The zero-order valence-electron chi connectivity index (χ0n) is 8.39. The average molecular weight is 219 g/mol. The van der Waals surface area contributed by atoms with E-state index in [-0.39, 0.29) is 11.8 Å². The molecular weight excluding hydrogens is 209 g/mol. The largest absolute Gasteiger partial charge is 0.368 e. The maximum absolute atomic E-state index is 13.2. The van der Waals surface area contributed by atoms with Gasteiger partial charge in [0, 0.05) is 6.20 Å². The average Bonchev–Trinajstić information content (AvgIpc) is 2.32. The number of anilines is 2. The number of nitrogens with one attached hydrogen (secondary N) is 1. The van der Waals surface area contributed by atoms with E-state index in [1.54, 1.807) is 6.20 Å². The highest BCUT2D eigenvalue weighted by Gasteiger charge is 2.04. The van der Waals surface area contributed by atoms with E-state index in [0.29, 0.717) is 6.54 Å². The number of hydrogen-bond acceptors (Lipinski definition) is 5. The number of nitrogen functional groups attached to an aromatic ring is 1. The SMILES string of the molecule is Nc1ncc(F)c(NCc2ccccn2)n1. The number of halogens is 1. The van der Waals surface area contributed by atoms with Crippen LogP contribution in [-0.2, 0) is 6.54 Å². The van der Waals surface area contributed by atoms with Gasteiger partial charge in [0.05, 0.1) is 18.4 Å². The number of pyridine rings is 1. The van der Waals surface area contributed by atoms with Crippen molar-refractivity contribution in [2.24, 2.45) is 0 Å². The van der Waals surface area contributed by atoms with Crippen LogP contribution in [-0.4, -0.2) is 15.0 Å². The van der Waals surface area contributed by atoms with Crippen molar-refractivity contribution >= 4 is 11.8 Å². The molecule has 16 heavy (non-hydrogen) atoms. The molecule has 0 aliphatic rings. The van der Waals surface area contributed by atoms with Crippen LogP contribution < -0.4 is 11.1 Å². The van der Waals surface area contributed by atoms with E-state index in [2.05, 4.69) is 20.3 Å². The fourth-order valence-corrected chi connectivity index (χ4v) is 1.18. The predicted octanol–water partition coefficient (Wildman–Crippen LogP) is 1.20. The van der Waals surface area contributed by atoms with Gasteiger partial charge in [-0.3, -0.25) is 4.98 Å². The first kappa shape index (κ1) is 10.3. The molecule has 0 radical (unpaired) electrons. The van der Waals surface area contributed by atoms with Crippen molar-refractivity contribution in [2.45, 2.75) is 6.54 Å². The molecule has 0 fully saturated rings. The summed E-state index contributed by atoms with van der Waals surface area (Å²) < 4.78 is 13.2. The fourth-order valence-electron chi connectivity index (χ4n) is 1.18. The van der Waals surface area contributed by atoms with Gasteiger partial charge in [-0.2, -0.15) is 4.98 Å². The smallest absolute Gasteiger partial charge is 0.222 e. The van der Waals surface area contributed by atoms with Crippen LogP contribution in [0.25, 0.3) is 0 Å². The number of nitrogens with zero attached hydrogens (tertiary/aromatic N) is 3. The lowest BCUT2D eigenvalue weighted by Crippen LogP contribution is -2.07. The predicted molar refractivity (Wildman–Crippen MR) is 58.0 cm³/mol. The van der Waals surface area contributed by atoms with Crippen molar-refractivity contribution in [3.63, 3.8) is 0 Å². The lowest BCUT2D eigenvalue weighted by Gasteiger charge is -2.05. The molecule has 0 bridgehead atoms. The van der Waals surface area contributed by atoms with E-state index in [9.17, 15) is 4.39 Å². The third-order valence-corrected chi connectivity index (χ3v) is 1.93. The highest BCUT2D eigenvalue weighted by Crippen LogP contribution is 2.10. The van der Waals surface area contributed by atoms with E-state index in [1.165, 1.54) is 0 Å². The Balaban J connectivity index is 2.08. The number of rotatable bonds is 3. The second-order valence-corrected chi connectivity index (χ2v) is 3.10. The molecule has 0 aromatic carbocycles. The molecule has 0 spiro atoms. The minimum absolute atomic E-state index is 0.0323. The standard InChI is InChI=1S/C10H10FN5/c11-8-6-15-10(12)16-9(8)14-5-7-3-1-2-4-13-7/h1-4,6H,5H2,(H3,12,14,15,16). The lowest BCUT2D eigenvalue weighted by molar-refractivity contribution is 0.617. The Morgan fingerprint density at radius 3 is 2.94 bits per heavy atom. The van der Waals surface area contributed by atoms with Crippen LogP contribution in [0.1, 0.15) is 5.69 Å². The second-order valence-electron chi connectivity index (χ2n) is 3.10. The molecule has 2 aromatic rings. The number of nitrogens with two attached hydrogens (primary N) is 1. The molecular formula is C10H10FN5. The molecule has 6 heteroatoms. The van der Waals surface area contributed by atoms with Gasteiger partial charge in [-0.15, -0.1) is 0 Å². The molecule has 2 aromatic heterocycles. The van der Waals surface area contributed by atoms with Gasteiger partial charge in [-0.1, -0.05) is 6.07 Å². The first-order valence-corrected chi connectivity index (χ1v) is 4.67. The van der Waals surface area contributed by atoms with Crippen LogP contribution in [0.2, 0.25) is 0 Å². The third-order valence-electron chi connectivity index (χ3n) is 1.93. The van der Waals surface area contributed by atoms with Crippen molar-refractivity contribution in [1.29, 1.82) is 0 Å². The van der Waals surface area contributed by atoms with Crippen molar-refractivity contribution in [3.8, 4) is 0 Å². The summed E-state index contributed by atoms with van der Waals surface area (Å²) >= 11 is 0. The Kier molecular flexibility index (Phi) is 2.90. The minimum Gasteiger partial charge on any atom is -0.368 e. The van der Waals surface area contributed by atoms with Crippen LogP contribution in [0.5, 0.6) is 0 Å². The van der Waals surface area contributed by atoms with E-state index >= 15 is 0 Å². The minimum atomic E-state index is -0.537. The summed E-state index contributed by atoms with van der Waals surface area (Å²) in [5.41, 5.74) is 6.14. The molecule has 0 unspecified atom stereocenters. The Morgan fingerprint density at radius 2 is 2.19 bits per heavy atom. The molecule has 0 atom stereocenters. The van der Waals surface area contributed by atoms with Crippen LogP contribution >= 0.6 is 0 Å². The van der Waals surface area contributed by atoms with Crippen LogP contribution in [0.15, 0.2) is 30.6 Å². The summed E-state index contributed by atoms with van der Waals surface area (Å²) in [5.74, 6) is -0.423. The Bertz CT molecular complexity index is 474. The van der Waals surface area contributed by atoms with Gasteiger partial charge >= 0.3 is 0 Å². The molecule has 0 saturated heterocycles. The van der Waals surface area contributed by atoms with Crippen molar-refractivity contribution in [3.05, 3.63) is 42.1 Å². The highest BCUT2D eigenvalue weighted by atomic mass is 19.1. The summed E-state index contributed by atoms with van der Waals surface area (Å²) in [7, 11) is 0. The summed E-state index contributed by atoms with van der Waals surface area (Å²) in [5, 5.41) is 2.80. The van der Waals surface area contributed by atoms with E-state index in [1.807, 2.05) is 18.2 Å². The second kappa shape index (κ2) is 4.52. The third kappa shape index (κ3) is 2.41. The van der Waals surface area contributed by atoms with Gasteiger partial charge in [-0.25, -0.2) is 9.37 Å². The maximum Gasteiger partial charge on any atom is 0.222 e. The van der Waals surface area contributed by atoms with E-state index in [4.69, 9.17) is 5.73 Å². The van der Waals surface area contributed by atoms with Crippen molar-refractivity contribution in [2.75, 3.05) is 11.1 Å². The van der Waals surface area contributed by atoms with Crippen LogP contribution in [0.4, 0.5) is 16.2 Å². The van der Waals surface area contributed by atoms with Gasteiger partial charge < -0.3 is 11.1 Å². The molecule has 2 rings (SSSR count). The van der Waals surface area contributed by atoms with Gasteiger partial charge in [0.25, 0.3) is 0 Å². The zero-order chi connectivity index (χ0) is 11.4. The summed E-state index contributed by atoms with van der Waals surface area (Å²) in [6, 6.07) is 5.50. The molecule has 82 valence electrons. The maximum atomic E-state index is 13.2. The Hall–Kier alpha value is -2.24. The Labute approximate surface area is 91.6 Å². The lowest BCUT2D eigenvalue weighted by atomic mass is 10.3. The monoisotopic (exact) mass is 219 g/mol. The topological polar surface area (TPSA) is 76.7 Å². The molecule has 2 heterocycles. The molecule has 0 aliphatic carbocycles. The summed E-state index contributed by atoms with van der Waals surface area (Å²) in [6.07, 6.45) is 2.70. The van der Waals surface area contributed by atoms with Crippen molar-refractivity contribution < 1.29 is 4.39 Å². The summed E-state index contributed by atoms with van der Waals surface area (Å²) in [6.45, 7) is 0.383. The summed E-state index contributed by atoms with van der Waals surface area (Å²) in [4.78, 5) is 11.4. The van der Waals surface area contributed by atoms with Gasteiger partial charge in [0.2, 0.25) is 5.95 Å². The first-order valence-electron chi connectivity index (χ1n) is 4.67. The van der Waals surface area contributed by atoms with Gasteiger partial charge in [0.15, 0.2) is 11.6 Å². The highest BCUT2D eigenvalue weighted by molar-refractivity contribution is 5.39. The van der Waals surface area contributed by atoms with Gasteiger partial charge in [-0.05, 0) is 12.1 Å². The molecule has 3 N–H and O–H groups in total. The normalized spacial score (nSPS) is 10.1. The number of hydrogen-bond donors (Lipinski definition) is 2. The van der Waals surface area contributed by atoms with E-state index < -0.39 is 5.82 Å². The molecule has 0 aliphatic heterocycles. The molecule has 0 amide bonds. The van der Waals surface area contributed by atoms with E-state index in [0.717, 1.165) is 11.9 Å². The van der Waals surface area contributed by atoms with Gasteiger partial charge in [0.1, 0.15) is 0 Å². The first-order chi connectivity index (χ1) is 7.75. The van der Waals surface area contributed by atoms with Crippen LogP contribution in [0, 0.1) is 5.82 Å². The Morgan fingerprint density at radius 1 is 1.31 bits per heavy atom. The quantitative estimate of drug-likeness (QED) is 0.811. The zero-order valence-corrected chi connectivity index (χ0v) is 8.39. The van der Waals surface area contributed by atoms with Crippen molar-refractivity contribution in [1.82, 2.24) is 15.0 Å².